The Morgan fingerprint density at radius 2 is 1.73 bits per heavy atom. The van der Waals surface area contributed by atoms with Crippen molar-refractivity contribution in [2.75, 3.05) is 24.5 Å². The van der Waals surface area contributed by atoms with Gasteiger partial charge < -0.3 is 15.4 Å². The second-order valence-corrected chi connectivity index (χ2v) is 8.54. The van der Waals surface area contributed by atoms with Crippen LogP contribution in [0.5, 0.6) is 5.75 Å². The van der Waals surface area contributed by atoms with Crippen LogP contribution in [0.1, 0.15) is 69.5 Å². The summed E-state index contributed by atoms with van der Waals surface area (Å²) in [6.07, 6.45) is 6.52. The Kier molecular flexibility index (Phi) is 8.47. The van der Waals surface area contributed by atoms with Gasteiger partial charge in [0.2, 0.25) is 0 Å². The molecule has 30 heavy (non-hydrogen) atoms. The summed E-state index contributed by atoms with van der Waals surface area (Å²) >= 11 is 0. The summed E-state index contributed by atoms with van der Waals surface area (Å²) in [5.41, 5.74) is 8.36. The van der Waals surface area contributed by atoms with Gasteiger partial charge in [0.25, 0.3) is 0 Å². The molecule has 2 heterocycles. The van der Waals surface area contributed by atoms with Crippen molar-refractivity contribution < 1.29 is 4.74 Å². The van der Waals surface area contributed by atoms with E-state index in [1.807, 2.05) is 26.0 Å². The Morgan fingerprint density at radius 3 is 2.30 bits per heavy atom. The lowest BCUT2D eigenvalue weighted by molar-refractivity contribution is 0.170. The number of benzene rings is 1. The molecule has 1 saturated heterocycles. The first-order valence-corrected chi connectivity index (χ1v) is 12.1. The van der Waals surface area contributed by atoms with Crippen LogP contribution in [0, 0.1) is 0 Å². The van der Waals surface area contributed by atoms with E-state index in [2.05, 4.69) is 33.2 Å². The number of ether oxygens (including phenoxy) is 1. The van der Waals surface area contributed by atoms with Crippen molar-refractivity contribution in [3.05, 3.63) is 41.3 Å². The maximum Gasteiger partial charge on any atom is 0.135 e. The molecule has 4 rings (SSSR count). The number of rotatable bonds is 7. The van der Waals surface area contributed by atoms with Crippen molar-refractivity contribution in [1.29, 1.82) is 0 Å². The lowest BCUT2D eigenvalue weighted by atomic mass is 10.0. The van der Waals surface area contributed by atoms with Crippen LogP contribution < -0.4 is 20.7 Å². The topological polar surface area (TPSA) is 64.3 Å². The van der Waals surface area contributed by atoms with Crippen molar-refractivity contribution in [2.24, 2.45) is 5.73 Å². The van der Waals surface area contributed by atoms with E-state index in [0.29, 0.717) is 12.5 Å². The van der Waals surface area contributed by atoms with E-state index in [9.17, 15) is 0 Å². The number of nitrogens with two attached hydrogens (primary N) is 1. The molecule has 1 unspecified atom stereocenters. The molecule has 1 atom stereocenters. The number of aromatic nitrogens is 2. The fraction of sp³-hybridized carbons (Fsp3) is 0.583. The zero-order valence-electron chi connectivity index (χ0n) is 18.7. The molecule has 6 heteroatoms. The van der Waals surface area contributed by atoms with Gasteiger partial charge in [-0.3, -0.25) is 0 Å². The SMILES string of the molecule is CC.CCc1nc(C2CC2)nc(N2CCC(Oc3ccc(P)cc3)CC2)c1CCN. The normalized spacial score (nSPS) is 16.8. The Morgan fingerprint density at radius 1 is 1.07 bits per heavy atom. The van der Waals surface area contributed by atoms with Crippen LogP contribution in [-0.4, -0.2) is 35.7 Å². The number of aryl methyl sites for hydroxylation is 1. The number of anilines is 1. The molecule has 5 nitrogen and oxygen atoms in total. The van der Waals surface area contributed by atoms with Gasteiger partial charge in [0.05, 0.1) is 0 Å². The summed E-state index contributed by atoms with van der Waals surface area (Å²) in [6.45, 7) is 8.75. The zero-order valence-corrected chi connectivity index (χ0v) is 19.9. The molecule has 0 radical (unpaired) electrons. The van der Waals surface area contributed by atoms with Gasteiger partial charge in [-0.1, -0.05) is 32.9 Å². The monoisotopic (exact) mass is 428 g/mol. The van der Waals surface area contributed by atoms with Crippen LogP contribution in [-0.2, 0) is 12.8 Å². The van der Waals surface area contributed by atoms with Gasteiger partial charge >= 0.3 is 0 Å². The molecule has 1 aliphatic carbocycles. The highest BCUT2D eigenvalue weighted by Crippen LogP contribution is 2.40. The van der Waals surface area contributed by atoms with Crippen LogP contribution in [0.25, 0.3) is 0 Å². The predicted molar refractivity (Wildman–Crippen MR) is 129 cm³/mol. The summed E-state index contributed by atoms with van der Waals surface area (Å²) in [5.74, 6) is 3.70. The molecule has 1 aliphatic heterocycles. The smallest absolute Gasteiger partial charge is 0.135 e. The summed E-state index contributed by atoms with van der Waals surface area (Å²) < 4.78 is 6.20. The quantitative estimate of drug-likeness (QED) is 0.676. The Bertz CT molecular complexity index is 800. The van der Waals surface area contributed by atoms with E-state index in [1.165, 1.54) is 29.4 Å². The molecule has 0 spiro atoms. The summed E-state index contributed by atoms with van der Waals surface area (Å²) in [7, 11) is 2.71. The fourth-order valence-corrected chi connectivity index (χ4v) is 4.13. The molecule has 1 aromatic carbocycles. The number of nitrogens with zero attached hydrogens (tertiary/aromatic N) is 3. The minimum Gasteiger partial charge on any atom is -0.490 e. The van der Waals surface area contributed by atoms with Gasteiger partial charge in [-0.05, 0) is 49.7 Å². The standard InChI is InChI=1S/C22H31N4OP.C2H6/c1-2-20-19(9-12-23)22(25-21(24-20)15-3-4-15)26-13-10-17(11-14-26)27-16-5-7-18(28)8-6-16;1-2/h5-8,15,17H,2-4,9-14,23,28H2,1H3;1-2H3. The molecular formula is C24H37N4OP. The minimum absolute atomic E-state index is 0.264. The molecular weight excluding hydrogens is 391 g/mol. The predicted octanol–water partition coefficient (Wildman–Crippen LogP) is 3.99. The third-order valence-corrected chi connectivity index (χ3v) is 6.07. The maximum atomic E-state index is 6.20. The molecule has 2 aromatic rings. The highest BCUT2D eigenvalue weighted by Gasteiger charge is 2.30. The number of hydrogen-bond donors (Lipinski definition) is 1. The summed E-state index contributed by atoms with van der Waals surface area (Å²) in [4.78, 5) is 12.3. The van der Waals surface area contributed by atoms with E-state index < -0.39 is 0 Å². The molecule has 1 aromatic heterocycles. The van der Waals surface area contributed by atoms with Crippen molar-refractivity contribution >= 4 is 20.4 Å². The largest absolute Gasteiger partial charge is 0.490 e. The maximum absolute atomic E-state index is 6.20. The van der Waals surface area contributed by atoms with Crippen molar-refractivity contribution in [3.63, 3.8) is 0 Å². The Balaban J connectivity index is 0.00000124. The van der Waals surface area contributed by atoms with Gasteiger partial charge in [-0.2, -0.15) is 0 Å². The van der Waals surface area contributed by atoms with Crippen LogP contribution in [0.4, 0.5) is 5.82 Å². The highest BCUT2D eigenvalue weighted by molar-refractivity contribution is 7.27. The second kappa shape index (κ2) is 11.1. The van der Waals surface area contributed by atoms with Gasteiger partial charge in [0.1, 0.15) is 23.5 Å². The average Bonchev–Trinajstić information content (AvgIpc) is 3.63. The zero-order chi connectivity index (χ0) is 21.5. The molecule has 2 fully saturated rings. The van der Waals surface area contributed by atoms with Crippen molar-refractivity contribution in [2.45, 2.75) is 71.3 Å². The van der Waals surface area contributed by atoms with Gasteiger partial charge in [-0.25, -0.2) is 9.97 Å². The minimum atomic E-state index is 0.264. The number of piperidine rings is 1. The summed E-state index contributed by atoms with van der Waals surface area (Å²) in [5, 5.41) is 1.18. The van der Waals surface area contributed by atoms with E-state index in [1.54, 1.807) is 0 Å². The first-order chi connectivity index (χ1) is 14.7. The first-order valence-electron chi connectivity index (χ1n) is 11.5. The van der Waals surface area contributed by atoms with E-state index in [-0.39, 0.29) is 6.10 Å². The Labute approximate surface area is 184 Å². The highest BCUT2D eigenvalue weighted by atomic mass is 31.0. The van der Waals surface area contributed by atoms with Crippen LogP contribution >= 0.6 is 9.24 Å². The van der Waals surface area contributed by atoms with E-state index in [0.717, 1.165) is 56.2 Å². The molecule has 2 aliphatic rings. The average molecular weight is 429 g/mol. The van der Waals surface area contributed by atoms with Gasteiger partial charge in [0, 0.05) is 43.1 Å². The van der Waals surface area contributed by atoms with Crippen LogP contribution in [0.15, 0.2) is 24.3 Å². The van der Waals surface area contributed by atoms with Crippen LogP contribution in [0.3, 0.4) is 0 Å². The third kappa shape index (κ3) is 5.70. The molecule has 0 bridgehead atoms. The first kappa shape index (κ1) is 23.0. The van der Waals surface area contributed by atoms with Crippen molar-refractivity contribution in [3.8, 4) is 5.75 Å². The van der Waals surface area contributed by atoms with Gasteiger partial charge in [0.15, 0.2) is 0 Å². The fourth-order valence-electron chi connectivity index (χ4n) is 3.94. The van der Waals surface area contributed by atoms with E-state index in [4.69, 9.17) is 20.4 Å². The molecule has 0 amide bonds. The number of hydrogen-bond acceptors (Lipinski definition) is 5. The lowest BCUT2D eigenvalue weighted by Crippen LogP contribution is -2.39. The lowest BCUT2D eigenvalue weighted by Gasteiger charge is -2.34. The second-order valence-electron chi connectivity index (χ2n) is 7.87. The van der Waals surface area contributed by atoms with Gasteiger partial charge in [-0.15, -0.1) is 9.24 Å². The van der Waals surface area contributed by atoms with Crippen LogP contribution in [0.2, 0.25) is 0 Å². The Hall–Kier alpha value is -1.71. The molecule has 2 N–H and O–H groups in total. The molecule has 164 valence electrons. The molecule has 1 saturated carbocycles. The third-order valence-electron chi connectivity index (χ3n) is 5.68. The van der Waals surface area contributed by atoms with Crippen molar-refractivity contribution in [1.82, 2.24) is 9.97 Å². The summed E-state index contributed by atoms with van der Waals surface area (Å²) in [6, 6.07) is 8.24. The van der Waals surface area contributed by atoms with E-state index >= 15 is 0 Å².